The maximum atomic E-state index is 5.92. The Bertz CT molecular complexity index is 577. The summed E-state index contributed by atoms with van der Waals surface area (Å²) in [5.74, 6) is 2.37. The summed E-state index contributed by atoms with van der Waals surface area (Å²) in [5.41, 5.74) is 0. The summed E-state index contributed by atoms with van der Waals surface area (Å²) in [6, 6.07) is 7.61. The quantitative estimate of drug-likeness (QED) is 0.342. The van der Waals surface area contributed by atoms with Crippen LogP contribution in [-0.2, 0) is 9.47 Å². The number of rotatable bonds is 11. The van der Waals surface area contributed by atoms with Crippen LogP contribution in [0, 0.1) is 0 Å². The molecule has 1 aliphatic heterocycles. The Morgan fingerprint density at radius 2 is 2.04 bits per heavy atom. The van der Waals surface area contributed by atoms with Crippen LogP contribution in [0.1, 0.15) is 33.1 Å². The smallest absolute Gasteiger partial charge is 0.191 e. The van der Waals surface area contributed by atoms with E-state index < -0.39 is 0 Å². The van der Waals surface area contributed by atoms with Crippen molar-refractivity contribution >= 4 is 5.96 Å². The van der Waals surface area contributed by atoms with Gasteiger partial charge in [-0.25, -0.2) is 4.99 Å². The molecule has 1 heterocycles. The predicted octanol–water partition coefficient (Wildman–Crippen LogP) is 2.60. The molecule has 0 amide bonds. The van der Waals surface area contributed by atoms with E-state index in [-0.39, 0.29) is 6.10 Å². The number of methoxy groups -OCH3 is 1. The van der Waals surface area contributed by atoms with Gasteiger partial charge in [-0.2, -0.15) is 0 Å². The highest BCUT2D eigenvalue weighted by Crippen LogP contribution is 2.19. The number of benzene rings is 1. The number of nitrogens with one attached hydrogen (secondary N) is 2. The highest BCUT2D eigenvalue weighted by Gasteiger charge is 2.13. The normalized spacial score (nSPS) is 16.5. The second kappa shape index (κ2) is 13.2. The highest BCUT2D eigenvalue weighted by atomic mass is 16.5. The van der Waals surface area contributed by atoms with E-state index >= 15 is 0 Å². The Balaban J connectivity index is 1.68. The first kappa shape index (κ1) is 22.3. The third-order valence-corrected chi connectivity index (χ3v) is 4.36. The summed E-state index contributed by atoms with van der Waals surface area (Å²) in [7, 11) is 1.65. The van der Waals surface area contributed by atoms with Crippen molar-refractivity contribution in [2.45, 2.75) is 45.3 Å². The van der Waals surface area contributed by atoms with Gasteiger partial charge < -0.3 is 29.6 Å². The van der Waals surface area contributed by atoms with E-state index in [9.17, 15) is 0 Å². The van der Waals surface area contributed by atoms with Crippen LogP contribution in [0.25, 0.3) is 0 Å². The molecule has 158 valence electrons. The molecular weight excluding hydrogens is 358 g/mol. The Kier molecular flexibility index (Phi) is 10.5. The summed E-state index contributed by atoms with van der Waals surface area (Å²) in [5, 5.41) is 6.62. The van der Waals surface area contributed by atoms with E-state index in [1.165, 1.54) is 0 Å². The summed E-state index contributed by atoms with van der Waals surface area (Å²) in [6.07, 6.45) is 3.26. The minimum atomic E-state index is -0.0422. The first-order chi connectivity index (χ1) is 13.7. The lowest BCUT2D eigenvalue weighted by molar-refractivity contribution is -0.0320. The molecule has 1 atom stereocenters. The number of hydrogen-bond acceptors (Lipinski definition) is 5. The molecule has 1 saturated heterocycles. The monoisotopic (exact) mass is 393 g/mol. The molecule has 0 spiro atoms. The van der Waals surface area contributed by atoms with Crippen molar-refractivity contribution in [1.82, 2.24) is 10.6 Å². The first-order valence-corrected chi connectivity index (χ1v) is 10.2. The van der Waals surface area contributed by atoms with E-state index in [1.54, 1.807) is 7.11 Å². The van der Waals surface area contributed by atoms with Crippen molar-refractivity contribution in [3.63, 3.8) is 0 Å². The zero-order valence-electron chi connectivity index (χ0n) is 17.4. The van der Waals surface area contributed by atoms with Crippen LogP contribution in [0.3, 0.4) is 0 Å². The molecule has 2 N–H and O–H groups in total. The van der Waals surface area contributed by atoms with E-state index in [2.05, 4.69) is 22.5 Å². The second-order valence-electron chi connectivity index (χ2n) is 6.79. The topological polar surface area (TPSA) is 73.3 Å². The van der Waals surface area contributed by atoms with Crippen LogP contribution in [-0.4, -0.2) is 64.7 Å². The van der Waals surface area contributed by atoms with E-state index in [0.717, 1.165) is 69.6 Å². The average molecular weight is 394 g/mol. The van der Waals surface area contributed by atoms with Crippen molar-refractivity contribution in [2.75, 3.05) is 46.6 Å². The fourth-order valence-electron chi connectivity index (χ4n) is 2.88. The molecule has 1 aromatic rings. The highest BCUT2D eigenvalue weighted by molar-refractivity contribution is 5.79. The number of aliphatic imine (C=N–C) groups is 1. The number of ether oxygens (including phenoxy) is 4. The summed E-state index contributed by atoms with van der Waals surface area (Å²) in [6.45, 7) is 8.65. The first-order valence-electron chi connectivity index (χ1n) is 10.2. The fourth-order valence-corrected chi connectivity index (χ4v) is 2.88. The standard InChI is InChI=1S/C21H35N3O4/c1-4-22-21(23-11-6-12-27-18-9-13-26-14-10-18)24-16-17(2)28-20-8-5-7-19(15-20)25-3/h5,7-8,15,17-18H,4,6,9-14,16H2,1-3H3,(H2,22,23,24). The molecule has 0 bridgehead atoms. The molecule has 0 aromatic heterocycles. The van der Waals surface area contributed by atoms with Crippen LogP contribution < -0.4 is 20.1 Å². The van der Waals surface area contributed by atoms with Crippen molar-refractivity contribution in [2.24, 2.45) is 4.99 Å². The van der Waals surface area contributed by atoms with Gasteiger partial charge in [-0.15, -0.1) is 0 Å². The van der Waals surface area contributed by atoms with Gasteiger partial charge in [-0.05, 0) is 45.2 Å². The van der Waals surface area contributed by atoms with Gasteiger partial charge in [0.25, 0.3) is 0 Å². The molecule has 7 heteroatoms. The Morgan fingerprint density at radius 1 is 1.25 bits per heavy atom. The zero-order chi connectivity index (χ0) is 20.0. The molecule has 0 aliphatic carbocycles. The minimum absolute atomic E-state index is 0.0422. The summed E-state index contributed by atoms with van der Waals surface area (Å²) >= 11 is 0. The SMILES string of the molecule is CCNC(=NCC(C)Oc1cccc(OC)c1)NCCCOC1CCOCC1. The van der Waals surface area contributed by atoms with Gasteiger partial charge in [-0.3, -0.25) is 0 Å². The van der Waals surface area contributed by atoms with Crippen molar-refractivity contribution in [3.05, 3.63) is 24.3 Å². The predicted molar refractivity (Wildman–Crippen MR) is 111 cm³/mol. The minimum Gasteiger partial charge on any atom is -0.497 e. The van der Waals surface area contributed by atoms with Crippen molar-refractivity contribution in [1.29, 1.82) is 0 Å². The van der Waals surface area contributed by atoms with E-state index in [1.807, 2.05) is 31.2 Å². The fraction of sp³-hybridized carbons (Fsp3) is 0.667. The molecular formula is C21H35N3O4. The Morgan fingerprint density at radius 3 is 2.79 bits per heavy atom. The van der Waals surface area contributed by atoms with Gasteiger partial charge in [0, 0.05) is 39.0 Å². The molecule has 1 aromatic carbocycles. The van der Waals surface area contributed by atoms with Crippen molar-refractivity contribution in [3.8, 4) is 11.5 Å². The molecule has 2 rings (SSSR count). The van der Waals surface area contributed by atoms with Crippen LogP contribution in [0.5, 0.6) is 11.5 Å². The number of hydrogen-bond donors (Lipinski definition) is 2. The molecule has 1 aliphatic rings. The molecule has 28 heavy (non-hydrogen) atoms. The van der Waals surface area contributed by atoms with Gasteiger partial charge in [-0.1, -0.05) is 6.07 Å². The molecule has 7 nitrogen and oxygen atoms in total. The number of guanidine groups is 1. The Hall–Kier alpha value is -1.99. The van der Waals surface area contributed by atoms with Gasteiger partial charge in [0.05, 0.1) is 19.8 Å². The van der Waals surface area contributed by atoms with Crippen LogP contribution in [0.2, 0.25) is 0 Å². The van der Waals surface area contributed by atoms with Gasteiger partial charge in [0.1, 0.15) is 17.6 Å². The third kappa shape index (κ3) is 8.80. The van der Waals surface area contributed by atoms with Gasteiger partial charge in [0.15, 0.2) is 5.96 Å². The second-order valence-corrected chi connectivity index (χ2v) is 6.79. The Labute approximate surface area is 168 Å². The van der Waals surface area contributed by atoms with Crippen LogP contribution in [0.15, 0.2) is 29.3 Å². The van der Waals surface area contributed by atoms with Gasteiger partial charge >= 0.3 is 0 Å². The van der Waals surface area contributed by atoms with Crippen LogP contribution >= 0.6 is 0 Å². The summed E-state index contributed by atoms with van der Waals surface area (Å²) in [4.78, 5) is 4.62. The molecule has 0 radical (unpaired) electrons. The lowest BCUT2D eigenvalue weighted by atomic mass is 10.1. The zero-order valence-corrected chi connectivity index (χ0v) is 17.4. The van der Waals surface area contributed by atoms with Crippen molar-refractivity contribution < 1.29 is 18.9 Å². The van der Waals surface area contributed by atoms with Crippen LogP contribution in [0.4, 0.5) is 0 Å². The number of nitrogens with zero attached hydrogens (tertiary/aromatic N) is 1. The maximum absolute atomic E-state index is 5.92. The average Bonchev–Trinajstić information content (AvgIpc) is 2.72. The maximum Gasteiger partial charge on any atom is 0.191 e. The van der Waals surface area contributed by atoms with Gasteiger partial charge in [0.2, 0.25) is 0 Å². The molecule has 1 unspecified atom stereocenters. The van der Waals surface area contributed by atoms with E-state index in [0.29, 0.717) is 12.6 Å². The molecule has 0 saturated carbocycles. The lowest BCUT2D eigenvalue weighted by Crippen LogP contribution is -2.39. The van der Waals surface area contributed by atoms with E-state index in [4.69, 9.17) is 18.9 Å². The lowest BCUT2D eigenvalue weighted by Gasteiger charge is -2.22. The summed E-state index contributed by atoms with van der Waals surface area (Å²) < 4.78 is 22.4. The largest absolute Gasteiger partial charge is 0.497 e. The molecule has 1 fully saturated rings. The third-order valence-electron chi connectivity index (χ3n) is 4.36.